The van der Waals surface area contributed by atoms with Crippen LogP contribution in [0.25, 0.3) is 0 Å². The zero-order valence-corrected chi connectivity index (χ0v) is 27.9. The summed E-state index contributed by atoms with van der Waals surface area (Å²) in [5.41, 5.74) is 1.67. The first-order valence-corrected chi connectivity index (χ1v) is 17.0. The Morgan fingerprint density at radius 3 is 2.11 bits per heavy atom. The summed E-state index contributed by atoms with van der Waals surface area (Å²) in [6.07, 6.45) is 0.933. The van der Waals surface area contributed by atoms with E-state index in [0.29, 0.717) is 13.0 Å². The molecule has 1 atom stereocenters. The van der Waals surface area contributed by atoms with Crippen LogP contribution in [0.5, 0.6) is 0 Å². The fourth-order valence-corrected chi connectivity index (χ4v) is 6.78. The lowest BCUT2D eigenvalue weighted by molar-refractivity contribution is -0.140. The third-order valence-corrected chi connectivity index (χ3v) is 10.0. The molecule has 1 N–H and O–H groups in total. The van der Waals surface area contributed by atoms with Gasteiger partial charge in [-0.3, -0.25) is 13.9 Å². The van der Waals surface area contributed by atoms with E-state index < -0.39 is 28.5 Å². The van der Waals surface area contributed by atoms with Crippen LogP contribution < -0.4 is 9.62 Å². The highest BCUT2D eigenvalue weighted by Crippen LogP contribution is 2.35. The van der Waals surface area contributed by atoms with E-state index in [2.05, 4.69) is 21.2 Å². The van der Waals surface area contributed by atoms with Crippen molar-refractivity contribution < 1.29 is 18.0 Å². The van der Waals surface area contributed by atoms with Crippen LogP contribution in [0.2, 0.25) is 10.0 Å². The minimum absolute atomic E-state index is 0.0116. The van der Waals surface area contributed by atoms with E-state index in [9.17, 15) is 18.0 Å². The van der Waals surface area contributed by atoms with Crippen LogP contribution in [-0.2, 0) is 32.6 Å². The van der Waals surface area contributed by atoms with Crippen LogP contribution in [0.15, 0.2) is 112 Å². The molecule has 0 fully saturated rings. The molecule has 0 aliphatic carbocycles. The van der Waals surface area contributed by atoms with Gasteiger partial charge >= 0.3 is 0 Å². The number of anilines is 1. The number of hydrogen-bond acceptors (Lipinski definition) is 4. The van der Waals surface area contributed by atoms with Gasteiger partial charge in [0.15, 0.2) is 0 Å². The van der Waals surface area contributed by atoms with Crippen LogP contribution in [0.1, 0.15) is 24.5 Å². The van der Waals surface area contributed by atoms with Gasteiger partial charge in [0.1, 0.15) is 12.6 Å². The third-order valence-electron chi connectivity index (χ3n) is 6.90. The molecule has 0 bridgehead atoms. The second-order valence-electron chi connectivity index (χ2n) is 10.0. The molecule has 0 radical (unpaired) electrons. The Kier molecular flexibility index (Phi) is 11.9. The van der Waals surface area contributed by atoms with Crippen molar-refractivity contribution in [1.82, 2.24) is 10.2 Å². The predicted molar refractivity (Wildman–Crippen MR) is 179 cm³/mol. The number of nitrogens with one attached hydrogen (secondary N) is 1. The lowest BCUT2D eigenvalue weighted by atomic mass is 10.0. The van der Waals surface area contributed by atoms with Gasteiger partial charge in [0.2, 0.25) is 11.8 Å². The Morgan fingerprint density at radius 1 is 0.841 bits per heavy atom. The molecule has 44 heavy (non-hydrogen) atoms. The monoisotopic (exact) mass is 715 g/mol. The Hall–Kier alpha value is -3.37. The maximum absolute atomic E-state index is 14.4. The van der Waals surface area contributed by atoms with Gasteiger partial charge in [-0.1, -0.05) is 113 Å². The third kappa shape index (κ3) is 8.41. The highest BCUT2D eigenvalue weighted by molar-refractivity contribution is 9.10. The van der Waals surface area contributed by atoms with Crippen molar-refractivity contribution in [1.29, 1.82) is 0 Å². The maximum atomic E-state index is 14.4. The Labute approximate surface area is 277 Å². The topological polar surface area (TPSA) is 86.8 Å². The van der Waals surface area contributed by atoms with E-state index in [0.717, 1.165) is 19.9 Å². The number of carbonyl (C=O) groups excluding carboxylic acids is 2. The quantitative estimate of drug-likeness (QED) is 0.160. The van der Waals surface area contributed by atoms with Crippen LogP contribution in [0.4, 0.5) is 5.69 Å². The Balaban J connectivity index is 1.81. The summed E-state index contributed by atoms with van der Waals surface area (Å²) in [6.45, 7) is 1.81. The average Bonchev–Trinajstić information content (AvgIpc) is 3.03. The molecule has 2 amide bonds. The summed E-state index contributed by atoms with van der Waals surface area (Å²) in [5.74, 6) is -0.921. The van der Waals surface area contributed by atoms with Crippen molar-refractivity contribution in [3.05, 3.63) is 129 Å². The summed E-state index contributed by atoms with van der Waals surface area (Å²) in [6, 6.07) is 28.2. The highest BCUT2D eigenvalue weighted by Gasteiger charge is 2.35. The van der Waals surface area contributed by atoms with E-state index >= 15 is 0 Å². The summed E-state index contributed by atoms with van der Waals surface area (Å²) < 4.78 is 29.9. The van der Waals surface area contributed by atoms with Crippen molar-refractivity contribution in [2.75, 3.05) is 17.4 Å². The molecule has 0 saturated heterocycles. The zero-order valence-electron chi connectivity index (χ0n) is 24.0. The van der Waals surface area contributed by atoms with Crippen LogP contribution in [-0.4, -0.2) is 44.3 Å². The first kappa shape index (κ1) is 33.5. The molecule has 0 unspecified atom stereocenters. The normalized spacial score (nSPS) is 11.9. The lowest BCUT2D eigenvalue weighted by Crippen LogP contribution is -2.53. The standard InChI is InChI=1S/C33H32BrCl2N3O4S/c1-2-20-37-33(41)30(21-24-10-5-3-6-11-24)38(22-25-16-18-26(34)19-17-25)31(40)23-39(29-15-9-14-28(35)32(29)36)44(42,43)27-12-7-4-8-13-27/h3-19,30H,2,20-23H2,1H3,(H,37,41)/t30-/m0/s1. The maximum Gasteiger partial charge on any atom is 0.264 e. The van der Waals surface area contributed by atoms with Gasteiger partial charge in [0.05, 0.1) is 20.6 Å². The number of carbonyl (C=O) groups is 2. The lowest BCUT2D eigenvalue weighted by Gasteiger charge is -2.34. The first-order chi connectivity index (χ1) is 21.1. The molecular formula is C33H32BrCl2N3O4S. The minimum atomic E-state index is -4.28. The molecule has 0 aliphatic heterocycles. The SMILES string of the molecule is CCCNC(=O)[C@H](Cc1ccccc1)N(Cc1ccc(Br)cc1)C(=O)CN(c1cccc(Cl)c1Cl)S(=O)(=O)c1ccccc1. The van der Waals surface area contributed by atoms with Crippen molar-refractivity contribution in [3.8, 4) is 0 Å². The second kappa shape index (κ2) is 15.6. The molecule has 0 aromatic heterocycles. The van der Waals surface area contributed by atoms with Crippen molar-refractivity contribution >= 4 is 66.7 Å². The smallest absolute Gasteiger partial charge is 0.264 e. The van der Waals surface area contributed by atoms with Crippen molar-refractivity contribution in [2.45, 2.75) is 37.2 Å². The number of nitrogens with zero attached hydrogens (tertiary/aromatic N) is 2. The number of amides is 2. The number of rotatable bonds is 13. The number of halogens is 3. The summed E-state index contributed by atoms with van der Waals surface area (Å²) in [5, 5.41) is 3.05. The summed E-state index contributed by atoms with van der Waals surface area (Å²) in [4.78, 5) is 29.5. The molecule has 4 rings (SSSR count). The minimum Gasteiger partial charge on any atom is -0.354 e. The number of benzene rings is 4. The van der Waals surface area contributed by atoms with E-state index in [1.165, 1.54) is 29.2 Å². The van der Waals surface area contributed by atoms with Gasteiger partial charge in [-0.05, 0) is 53.9 Å². The summed E-state index contributed by atoms with van der Waals surface area (Å²) >= 11 is 16.3. The second-order valence-corrected chi connectivity index (χ2v) is 13.6. The van der Waals surface area contributed by atoms with E-state index in [1.54, 1.807) is 24.3 Å². The molecule has 230 valence electrons. The highest BCUT2D eigenvalue weighted by atomic mass is 79.9. The molecule has 4 aromatic rings. The molecule has 4 aromatic carbocycles. The zero-order chi connectivity index (χ0) is 31.7. The first-order valence-electron chi connectivity index (χ1n) is 14.0. The van der Waals surface area contributed by atoms with Crippen molar-refractivity contribution in [3.63, 3.8) is 0 Å². The molecular weight excluding hydrogens is 685 g/mol. The van der Waals surface area contributed by atoms with E-state index in [-0.39, 0.29) is 39.5 Å². The fraction of sp³-hybridized carbons (Fsp3) is 0.212. The Morgan fingerprint density at radius 2 is 1.48 bits per heavy atom. The van der Waals surface area contributed by atoms with Crippen LogP contribution >= 0.6 is 39.1 Å². The molecule has 0 spiro atoms. The van der Waals surface area contributed by atoms with Crippen molar-refractivity contribution in [2.24, 2.45) is 0 Å². The van der Waals surface area contributed by atoms with Crippen LogP contribution in [0, 0.1) is 0 Å². The van der Waals surface area contributed by atoms with Gasteiger partial charge in [0, 0.05) is 24.0 Å². The van der Waals surface area contributed by atoms with Gasteiger partial charge in [-0.25, -0.2) is 8.42 Å². The molecule has 7 nitrogen and oxygen atoms in total. The fourth-order valence-electron chi connectivity index (χ4n) is 4.62. The van der Waals surface area contributed by atoms with Gasteiger partial charge < -0.3 is 10.2 Å². The predicted octanol–water partition coefficient (Wildman–Crippen LogP) is 7.12. The summed E-state index contributed by atoms with van der Waals surface area (Å²) in [7, 11) is -4.28. The molecule has 0 heterocycles. The average molecular weight is 718 g/mol. The Bertz CT molecular complexity index is 1670. The van der Waals surface area contributed by atoms with E-state index in [1.807, 2.05) is 61.5 Å². The molecule has 0 saturated carbocycles. The van der Waals surface area contributed by atoms with Gasteiger partial charge in [-0.15, -0.1) is 0 Å². The van der Waals surface area contributed by atoms with Gasteiger partial charge in [-0.2, -0.15) is 0 Å². The molecule has 0 aliphatic rings. The van der Waals surface area contributed by atoms with Gasteiger partial charge in [0.25, 0.3) is 10.0 Å². The number of sulfonamides is 1. The largest absolute Gasteiger partial charge is 0.354 e. The number of hydrogen-bond donors (Lipinski definition) is 1. The van der Waals surface area contributed by atoms with E-state index in [4.69, 9.17) is 23.2 Å². The molecule has 11 heteroatoms. The van der Waals surface area contributed by atoms with Crippen LogP contribution in [0.3, 0.4) is 0 Å².